The van der Waals surface area contributed by atoms with Gasteiger partial charge in [0.15, 0.2) is 5.78 Å². The number of nitro groups is 2. The minimum Gasteiger partial charge on any atom is -0.462 e. The van der Waals surface area contributed by atoms with Crippen molar-refractivity contribution >= 4 is 28.8 Å². The zero-order chi connectivity index (χ0) is 20.6. The summed E-state index contributed by atoms with van der Waals surface area (Å²) in [5, 5.41) is 20.8. The number of rotatable bonds is 5. The van der Waals surface area contributed by atoms with Crippen LogP contribution in [0.1, 0.15) is 34.6 Å². The highest BCUT2D eigenvalue weighted by Crippen LogP contribution is 2.22. The molecule has 0 saturated carbocycles. The lowest BCUT2D eigenvalue weighted by atomic mass is 10.1. The molecule has 0 aliphatic rings. The molecule has 0 unspecified atom stereocenters. The Balaban J connectivity index is 0.000000277. The molecule has 0 saturated heterocycles. The van der Waals surface area contributed by atoms with Crippen molar-refractivity contribution in [3.63, 3.8) is 0 Å². The smallest absolute Gasteiger partial charge is 0.338 e. The van der Waals surface area contributed by atoms with E-state index in [1.54, 1.807) is 31.2 Å². The minimum absolute atomic E-state index is 0.0455. The van der Waals surface area contributed by atoms with Crippen LogP contribution in [-0.4, -0.2) is 28.2 Å². The number of ketones is 1. The molecule has 2 N–H and O–H groups in total. The zero-order valence-electron chi connectivity index (χ0n) is 14.6. The molecule has 0 spiro atoms. The van der Waals surface area contributed by atoms with Crippen LogP contribution in [0.15, 0.2) is 42.5 Å². The highest BCUT2D eigenvalue weighted by atomic mass is 16.6. The second-order valence-electron chi connectivity index (χ2n) is 5.15. The summed E-state index contributed by atoms with van der Waals surface area (Å²) in [4.78, 5) is 41.3. The molecule has 0 radical (unpaired) electrons. The number of carbonyl (C=O) groups excluding carboxylic acids is 2. The molecule has 0 amide bonds. The van der Waals surface area contributed by atoms with Gasteiger partial charge in [-0.3, -0.25) is 25.0 Å². The molecule has 2 aromatic carbocycles. The summed E-state index contributed by atoms with van der Waals surface area (Å²) in [5.74, 6) is -0.765. The van der Waals surface area contributed by atoms with Crippen LogP contribution in [0.2, 0.25) is 0 Å². The fourth-order valence-electron chi connectivity index (χ4n) is 1.84. The van der Waals surface area contributed by atoms with Crippen LogP contribution in [0.4, 0.5) is 17.1 Å². The second kappa shape index (κ2) is 9.61. The first-order valence-corrected chi connectivity index (χ1v) is 7.63. The summed E-state index contributed by atoms with van der Waals surface area (Å²) in [6.45, 7) is 3.35. The van der Waals surface area contributed by atoms with Crippen LogP contribution in [0.5, 0.6) is 0 Å². The first kappa shape index (κ1) is 21.2. The number of Topliss-reactive ketones (excluding diaryl/α,β-unsaturated/α-hetero) is 1. The number of carbonyl (C=O) groups is 2. The number of hydrogen-bond donors (Lipinski definition) is 1. The lowest BCUT2D eigenvalue weighted by molar-refractivity contribution is -0.394. The molecule has 0 bridgehead atoms. The topological polar surface area (TPSA) is 156 Å². The van der Waals surface area contributed by atoms with Crippen molar-refractivity contribution in [1.29, 1.82) is 0 Å². The van der Waals surface area contributed by atoms with Crippen molar-refractivity contribution in [2.75, 3.05) is 12.3 Å². The molecule has 10 nitrogen and oxygen atoms in total. The van der Waals surface area contributed by atoms with Gasteiger partial charge >= 0.3 is 5.97 Å². The van der Waals surface area contributed by atoms with Gasteiger partial charge in [-0.25, -0.2) is 4.79 Å². The summed E-state index contributed by atoms with van der Waals surface area (Å²) in [5.41, 5.74) is 5.65. The number of esters is 1. The van der Waals surface area contributed by atoms with E-state index in [2.05, 4.69) is 0 Å². The normalized spacial score (nSPS) is 9.56. The van der Waals surface area contributed by atoms with E-state index < -0.39 is 27.0 Å². The summed E-state index contributed by atoms with van der Waals surface area (Å²) in [6, 6.07) is 9.47. The number of nitrogens with zero attached hydrogens (tertiary/aromatic N) is 2. The van der Waals surface area contributed by atoms with Gasteiger partial charge in [-0.15, -0.1) is 0 Å². The number of anilines is 1. The molecular formula is C17H17N3O7. The summed E-state index contributed by atoms with van der Waals surface area (Å²) < 4.78 is 4.79. The van der Waals surface area contributed by atoms with E-state index >= 15 is 0 Å². The van der Waals surface area contributed by atoms with E-state index in [-0.39, 0.29) is 11.5 Å². The molecule has 2 rings (SSSR count). The zero-order valence-corrected chi connectivity index (χ0v) is 14.6. The quantitative estimate of drug-likeness (QED) is 0.274. The Labute approximate surface area is 153 Å². The molecule has 10 heteroatoms. The number of hydrogen-bond acceptors (Lipinski definition) is 8. The van der Waals surface area contributed by atoms with Gasteiger partial charge in [0.25, 0.3) is 11.4 Å². The molecule has 2 aromatic rings. The summed E-state index contributed by atoms with van der Waals surface area (Å²) in [7, 11) is 0. The largest absolute Gasteiger partial charge is 0.462 e. The number of nitrogens with two attached hydrogens (primary N) is 1. The van der Waals surface area contributed by atoms with Gasteiger partial charge in [-0.2, -0.15) is 0 Å². The summed E-state index contributed by atoms with van der Waals surface area (Å²) in [6.07, 6.45) is 0. The fraction of sp³-hybridized carbons (Fsp3) is 0.176. The van der Waals surface area contributed by atoms with Gasteiger partial charge in [0, 0.05) is 23.4 Å². The number of nitrogen functional groups attached to an aromatic ring is 1. The minimum atomic E-state index is -0.778. The number of non-ortho nitro benzene ring substituents is 2. The Morgan fingerprint density at radius 2 is 1.44 bits per heavy atom. The molecule has 0 fully saturated rings. The van der Waals surface area contributed by atoms with Crippen molar-refractivity contribution in [2.24, 2.45) is 0 Å². The van der Waals surface area contributed by atoms with Gasteiger partial charge < -0.3 is 10.5 Å². The van der Waals surface area contributed by atoms with Crippen molar-refractivity contribution < 1.29 is 24.2 Å². The molecular weight excluding hydrogens is 358 g/mol. The number of ether oxygens (including phenoxy) is 1. The second-order valence-corrected chi connectivity index (χ2v) is 5.15. The van der Waals surface area contributed by atoms with E-state index in [9.17, 15) is 29.8 Å². The van der Waals surface area contributed by atoms with Crippen molar-refractivity contribution in [3.8, 4) is 0 Å². The molecule has 0 aliphatic carbocycles. The van der Waals surface area contributed by atoms with Gasteiger partial charge in [-0.1, -0.05) is 0 Å². The van der Waals surface area contributed by atoms with Crippen molar-refractivity contribution in [3.05, 3.63) is 73.8 Å². The third kappa shape index (κ3) is 6.53. The van der Waals surface area contributed by atoms with Crippen molar-refractivity contribution in [1.82, 2.24) is 0 Å². The molecule has 0 aliphatic heterocycles. The molecule has 142 valence electrons. The van der Waals surface area contributed by atoms with Crippen LogP contribution in [0.25, 0.3) is 0 Å². The Morgan fingerprint density at radius 1 is 0.963 bits per heavy atom. The average Bonchev–Trinajstić information content (AvgIpc) is 2.62. The van der Waals surface area contributed by atoms with Crippen LogP contribution in [0, 0.1) is 20.2 Å². The predicted octanol–water partition coefficient (Wildman–Crippen LogP) is 3.15. The van der Waals surface area contributed by atoms with Crippen LogP contribution >= 0.6 is 0 Å². The lowest BCUT2D eigenvalue weighted by Crippen LogP contribution is -2.04. The maximum atomic E-state index is 11.1. The number of nitro benzene ring substituents is 2. The average molecular weight is 375 g/mol. The van der Waals surface area contributed by atoms with Gasteiger partial charge in [0.1, 0.15) is 0 Å². The standard InChI is InChI=1S/C9H11NO2.C8H6N2O5/c1-2-12-9(11)7-3-5-8(10)6-4-7;1-5(11)6-2-7(9(12)13)4-8(3-6)10(14)15/h3-6H,2,10H2,1H3;2-4H,1H3. The van der Waals surface area contributed by atoms with Crippen LogP contribution in [-0.2, 0) is 4.74 Å². The Kier molecular flexibility index (Phi) is 7.55. The Bertz CT molecular complexity index is 784. The third-order valence-corrected chi connectivity index (χ3v) is 3.15. The maximum absolute atomic E-state index is 11.1. The SMILES string of the molecule is CC(=O)c1cc([N+](=O)[O-])cc([N+](=O)[O-])c1.CCOC(=O)c1ccc(N)cc1. The van der Waals surface area contributed by atoms with Gasteiger partial charge in [0.05, 0.1) is 28.1 Å². The number of benzene rings is 2. The van der Waals surface area contributed by atoms with E-state index in [4.69, 9.17) is 10.5 Å². The van der Waals surface area contributed by atoms with E-state index in [1.165, 1.54) is 6.92 Å². The predicted molar refractivity (Wildman–Crippen MR) is 96.6 cm³/mol. The highest BCUT2D eigenvalue weighted by Gasteiger charge is 2.17. The first-order valence-electron chi connectivity index (χ1n) is 7.63. The monoisotopic (exact) mass is 375 g/mol. The van der Waals surface area contributed by atoms with E-state index in [1.807, 2.05) is 0 Å². The molecule has 0 atom stereocenters. The molecule has 0 heterocycles. The van der Waals surface area contributed by atoms with Crippen molar-refractivity contribution in [2.45, 2.75) is 13.8 Å². The third-order valence-electron chi connectivity index (χ3n) is 3.15. The highest BCUT2D eigenvalue weighted by molar-refractivity contribution is 5.95. The lowest BCUT2D eigenvalue weighted by Gasteiger charge is -2.00. The molecule has 27 heavy (non-hydrogen) atoms. The van der Waals surface area contributed by atoms with Crippen LogP contribution < -0.4 is 5.73 Å². The Hall–Kier alpha value is -3.82. The van der Waals surface area contributed by atoms with Gasteiger partial charge in [-0.05, 0) is 38.1 Å². The maximum Gasteiger partial charge on any atom is 0.338 e. The fourth-order valence-corrected chi connectivity index (χ4v) is 1.84. The van der Waals surface area contributed by atoms with E-state index in [0.717, 1.165) is 18.2 Å². The van der Waals surface area contributed by atoms with Gasteiger partial charge in [0.2, 0.25) is 0 Å². The first-order chi connectivity index (χ1) is 12.6. The van der Waals surface area contributed by atoms with Crippen LogP contribution in [0.3, 0.4) is 0 Å². The summed E-state index contributed by atoms with van der Waals surface area (Å²) >= 11 is 0. The molecule has 0 aromatic heterocycles. The van der Waals surface area contributed by atoms with E-state index in [0.29, 0.717) is 17.9 Å². The Morgan fingerprint density at radius 3 is 1.81 bits per heavy atom.